The fourth-order valence-electron chi connectivity index (χ4n) is 0.990. The van der Waals surface area contributed by atoms with Gasteiger partial charge in [-0.25, -0.2) is 0 Å². The van der Waals surface area contributed by atoms with Gasteiger partial charge in [-0.2, -0.15) is 0 Å². The van der Waals surface area contributed by atoms with Gasteiger partial charge in [0, 0.05) is 5.56 Å². The van der Waals surface area contributed by atoms with Crippen molar-refractivity contribution in [2.75, 3.05) is 20.8 Å². The Labute approximate surface area is 84.3 Å². The quantitative estimate of drug-likeness (QED) is 0.539. The lowest BCUT2D eigenvalue weighted by atomic mass is 10.1. The van der Waals surface area contributed by atoms with Crippen LogP contribution in [0.4, 0.5) is 0 Å². The highest BCUT2D eigenvalue weighted by molar-refractivity contribution is 5.94. The number of hydrogen-bond acceptors (Lipinski definition) is 3. The number of Topliss-reactive ketones (excluding diaryl/α,β-unsaturated/α-hetero) is 1. The van der Waals surface area contributed by atoms with E-state index >= 15 is 0 Å². The van der Waals surface area contributed by atoms with Crippen molar-refractivity contribution in [3.63, 3.8) is 0 Å². The van der Waals surface area contributed by atoms with Crippen LogP contribution in [0.1, 0.15) is 17.3 Å². The number of carbonyl (C=O) groups is 1. The predicted octanol–water partition coefficient (Wildman–Crippen LogP) is 1.79. The first-order chi connectivity index (χ1) is 6.59. The topological polar surface area (TPSA) is 29.5 Å². The van der Waals surface area contributed by atoms with Crippen molar-refractivity contribution >= 4 is 5.78 Å². The molecule has 0 bridgehead atoms. The van der Waals surface area contributed by atoms with Crippen molar-refractivity contribution in [3.05, 3.63) is 29.8 Å². The van der Waals surface area contributed by atoms with E-state index in [1.165, 1.54) is 0 Å². The van der Waals surface area contributed by atoms with E-state index in [9.17, 15) is 4.79 Å². The van der Waals surface area contributed by atoms with Crippen molar-refractivity contribution < 1.29 is 9.53 Å². The summed E-state index contributed by atoms with van der Waals surface area (Å²) in [5.41, 5.74) is 0.710. The standard InChI is InChI=1S/C11H15NO2/c1-9(13)10-4-6-11(7-5-10)14-8-12(2)3/h4-7H,8H2,1-3H3. The van der Waals surface area contributed by atoms with Crippen LogP contribution in [-0.2, 0) is 0 Å². The van der Waals surface area contributed by atoms with Gasteiger partial charge in [-0.3, -0.25) is 9.69 Å². The van der Waals surface area contributed by atoms with Crippen molar-refractivity contribution in [1.82, 2.24) is 4.90 Å². The van der Waals surface area contributed by atoms with E-state index < -0.39 is 0 Å². The van der Waals surface area contributed by atoms with Crippen molar-refractivity contribution in [2.24, 2.45) is 0 Å². The second kappa shape index (κ2) is 4.77. The molecule has 0 aromatic heterocycles. The fraction of sp³-hybridized carbons (Fsp3) is 0.364. The number of nitrogens with zero attached hydrogens (tertiary/aromatic N) is 1. The van der Waals surface area contributed by atoms with Crippen LogP contribution in [-0.4, -0.2) is 31.5 Å². The third-order valence-electron chi connectivity index (χ3n) is 1.75. The van der Waals surface area contributed by atoms with Crippen LogP contribution in [0.5, 0.6) is 5.75 Å². The Morgan fingerprint density at radius 3 is 2.29 bits per heavy atom. The van der Waals surface area contributed by atoms with E-state index in [4.69, 9.17) is 4.74 Å². The number of ether oxygens (including phenoxy) is 1. The molecule has 0 saturated heterocycles. The zero-order valence-electron chi connectivity index (χ0n) is 8.78. The van der Waals surface area contributed by atoms with E-state index in [1.807, 2.05) is 19.0 Å². The van der Waals surface area contributed by atoms with Gasteiger partial charge in [0.05, 0.1) is 0 Å². The van der Waals surface area contributed by atoms with Crippen LogP contribution in [0.3, 0.4) is 0 Å². The van der Waals surface area contributed by atoms with Gasteiger partial charge in [0.15, 0.2) is 5.78 Å². The molecule has 0 unspecified atom stereocenters. The molecule has 0 spiro atoms. The zero-order chi connectivity index (χ0) is 10.6. The molecule has 1 aromatic carbocycles. The number of ketones is 1. The Balaban J connectivity index is 2.60. The third kappa shape index (κ3) is 3.18. The Hall–Kier alpha value is -1.35. The molecule has 3 heteroatoms. The molecular weight excluding hydrogens is 178 g/mol. The van der Waals surface area contributed by atoms with Crippen molar-refractivity contribution in [2.45, 2.75) is 6.92 Å². The van der Waals surface area contributed by atoms with Gasteiger partial charge in [0.1, 0.15) is 12.5 Å². The molecule has 0 heterocycles. The van der Waals surface area contributed by atoms with Crippen LogP contribution < -0.4 is 4.74 Å². The van der Waals surface area contributed by atoms with Gasteiger partial charge in [0.2, 0.25) is 0 Å². The molecule has 0 aliphatic rings. The third-order valence-corrected chi connectivity index (χ3v) is 1.75. The maximum atomic E-state index is 11.0. The molecule has 1 aromatic rings. The van der Waals surface area contributed by atoms with Gasteiger partial charge in [-0.1, -0.05) is 0 Å². The van der Waals surface area contributed by atoms with Crippen LogP contribution in [0.15, 0.2) is 24.3 Å². The molecule has 0 N–H and O–H groups in total. The maximum absolute atomic E-state index is 11.0. The van der Waals surface area contributed by atoms with E-state index in [2.05, 4.69) is 0 Å². The minimum atomic E-state index is 0.0733. The molecule has 14 heavy (non-hydrogen) atoms. The molecule has 0 aliphatic heterocycles. The maximum Gasteiger partial charge on any atom is 0.159 e. The molecule has 0 amide bonds. The lowest BCUT2D eigenvalue weighted by Gasteiger charge is -2.11. The summed E-state index contributed by atoms with van der Waals surface area (Å²) in [7, 11) is 3.87. The van der Waals surface area contributed by atoms with Crippen LogP contribution >= 0.6 is 0 Å². The molecule has 0 radical (unpaired) electrons. The van der Waals surface area contributed by atoms with Crippen LogP contribution in [0.2, 0.25) is 0 Å². The molecule has 76 valence electrons. The first kappa shape index (κ1) is 10.7. The van der Waals surface area contributed by atoms with Crippen molar-refractivity contribution in [1.29, 1.82) is 0 Å². The second-order valence-corrected chi connectivity index (χ2v) is 3.43. The number of hydrogen-bond donors (Lipinski definition) is 0. The molecule has 3 nitrogen and oxygen atoms in total. The molecule has 0 atom stereocenters. The lowest BCUT2D eigenvalue weighted by molar-refractivity contribution is 0.101. The SMILES string of the molecule is CC(=O)c1ccc(OCN(C)C)cc1. The minimum absolute atomic E-state index is 0.0733. The molecular formula is C11H15NO2. The molecule has 0 aliphatic carbocycles. The Kier molecular flexibility index (Phi) is 3.65. The number of rotatable bonds is 4. The van der Waals surface area contributed by atoms with E-state index in [0.29, 0.717) is 12.3 Å². The van der Waals surface area contributed by atoms with E-state index in [0.717, 1.165) is 5.75 Å². The van der Waals surface area contributed by atoms with Crippen molar-refractivity contribution in [3.8, 4) is 5.75 Å². The van der Waals surface area contributed by atoms with Gasteiger partial charge < -0.3 is 4.74 Å². The number of benzene rings is 1. The zero-order valence-corrected chi connectivity index (χ0v) is 8.78. The summed E-state index contributed by atoms with van der Waals surface area (Å²) in [5.74, 6) is 0.854. The normalized spacial score (nSPS) is 10.3. The molecule has 0 fully saturated rings. The summed E-state index contributed by atoms with van der Waals surface area (Å²) in [6.07, 6.45) is 0. The lowest BCUT2D eigenvalue weighted by Crippen LogP contribution is -2.18. The van der Waals surface area contributed by atoms with Gasteiger partial charge in [-0.05, 0) is 45.3 Å². The summed E-state index contributed by atoms with van der Waals surface area (Å²) in [6.45, 7) is 2.09. The van der Waals surface area contributed by atoms with E-state index in [1.54, 1.807) is 31.2 Å². The largest absolute Gasteiger partial charge is 0.478 e. The predicted molar refractivity (Wildman–Crippen MR) is 55.6 cm³/mol. The monoisotopic (exact) mass is 193 g/mol. The van der Waals surface area contributed by atoms with Gasteiger partial charge >= 0.3 is 0 Å². The highest BCUT2D eigenvalue weighted by Gasteiger charge is 1.99. The molecule has 0 saturated carbocycles. The summed E-state index contributed by atoms with van der Waals surface area (Å²) in [4.78, 5) is 12.9. The van der Waals surface area contributed by atoms with Crippen LogP contribution in [0.25, 0.3) is 0 Å². The highest BCUT2D eigenvalue weighted by Crippen LogP contribution is 2.12. The minimum Gasteiger partial charge on any atom is -0.478 e. The van der Waals surface area contributed by atoms with Gasteiger partial charge in [-0.15, -0.1) is 0 Å². The summed E-state index contributed by atoms with van der Waals surface area (Å²) in [5, 5.41) is 0. The van der Waals surface area contributed by atoms with Gasteiger partial charge in [0.25, 0.3) is 0 Å². The molecule has 1 rings (SSSR count). The fourth-order valence-corrected chi connectivity index (χ4v) is 0.990. The second-order valence-electron chi connectivity index (χ2n) is 3.43. The number of carbonyl (C=O) groups excluding carboxylic acids is 1. The summed E-state index contributed by atoms with van der Waals surface area (Å²) < 4.78 is 5.42. The summed E-state index contributed by atoms with van der Waals surface area (Å²) in [6, 6.07) is 7.15. The first-order valence-corrected chi connectivity index (χ1v) is 4.48. The summed E-state index contributed by atoms with van der Waals surface area (Å²) >= 11 is 0. The average molecular weight is 193 g/mol. The highest BCUT2D eigenvalue weighted by atomic mass is 16.5. The van der Waals surface area contributed by atoms with Crippen LogP contribution in [0, 0.1) is 0 Å². The Morgan fingerprint density at radius 1 is 1.29 bits per heavy atom. The van der Waals surface area contributed by atoms with E-state index in [-0.39, 0.29) is 5.78 Å². The first-order valence-electron chi connectivity index (χ1n) is 4.48. The average Bonchev–Trinajstić information content (AvgIpc) is 2.15. The Bertz CT molecular complexity index is 304. The Morgan fingerprint density at radius 2 is 1.86 bits per heavy atom. The smallest absolute Gasteiger partial charge is 0.159 e.